The Morgan fingerprint density at radius 2 is 0.656 bits per heavy atom. The van der Waals surface area contributed by atoms with Crippen LogP contribution >= 0.6 is 0 Å². The minimum Gasteiger partial charge on any atom is -0.394 e. The zero-order valence-electron chi connectivity index (χ0n) is 43.1. The average molecular weight is 895 g/mol. The maximum atomic E-state index is 12.5. The molecule has 2 atom stereocenters. The van der Waals surface area contributed by atoms with Crippen molar-refractivity contribution in [3.63, 3.8) is 0 Å². The van der Waals surface area contributed by atoms with E-state index >= 15 is 0 Å². The molecule has 374 valence electrons. The van der Waals surface area contributed by atoms with E-state index in [2.05, 4.69) is 67.8 Å². The van der Waals surface area contributed by atoms with E-state index in [0.717, 1.165) is 44.9 Å². The molecule has 0 aromatic heterocycles. The first kappa shape index (κ1) is 62.1. The van der Waals surface area contributed by atoms with Crippen LogP contribution < -0.4 is 5.32 Å². The summed E-state index contributed by atoms with van der Waals surface area (Å²) in [5, 5.41) is 23.1. The maximum Gasteiger partial charge on any atom is 0.220 e. The summed E-state index contributed by atoms with van der Waals surface area (Å²) in [4.78, 5) is 12.5. The third-order valence-electron chi connectivity index (χ3n) is 13.0. The van der Waals surface area contributed by atoms with Gasteiger partial charge in [0.25, 0.3) is 0 Å². The van der Waals surface area contributed by atoms with Crippen LogP contribution in [0.4, 0.5) is 0 Å². The summed E-state index contributed by atoms with van der Waals surface area (Å²) in [5.41, 5.74) is 0. The Balaban J connectivity index is 3.50. The smallest absolute Gasteiger partial charge is 0.220 e. The lowest BCUT2D eigenvalue weighted by molar-refractivity contribution is -0.123. The number of aliphatic hydroxyl groups excluding tert-OH is 2. The second-order valence-electron chi connectivity index (χ2n) is 19.3. The molecule has 4 nitrogen and oxygen atoms in total. The lowest BCUT2D eigenvalue weighted by Crippen LogP contribution is -2.45. The number of unbranched alkanes of at least 4 members (excludes halogenated alkanes) is 37. The Labute approximate surface area is 400 Å². The number of amides is 1. The zero-order valence-corrected chi connectivity index (χ0v) is 43.1. The van der Waals surface area contributed by atoms with Crippen LogP contribution in [0.3, 0.4) is 0 Å². The zero-order chi connectivity index (χ0) is 46.3. The molecular formula is C60H111NO3. The van der Waals surface area contributed by atoms with Crippen LogP contribution in [0.1, 0.15) is 296 Å². The Kier molecular flexibility index (Phi) is 53.8. The number of rotatable bonds is 52. The number of nitrogens with one attached hydrogen (secondary N) is 1. The van der Waals surface area contributed by atoms with Crippen molar-refractivity contribution < 1.29 is 15.0 Å². The van der Waals surface area contributed by atoms with Gasteiger partial charge in [0.1, 0.15) is 0 Å². The van der Waals surface area contributed by atoms with Crippen molar-refractivity contribution >= 4 is 5.91 Å². The summed E-state index contributed by atoms with van der Waals surface area (Å²) in [6.45, 7) is 4.30. The summed E-state index contributed by atoms with van der Waals surface area (Å²) in [5.74, 6) is -0.0711. The summed E-state index contributed by atoms with van der Waals surface area (Å²) >= 11 is 0. The molecule has 0 radical (unpaired) electrons. The summed E-state index contributed by atoms with van der Waals surface area (Å²) < 4.78 is 0. The number of aliphatic hydroxyl groups is 2. The van der Waals surface area contributed by atoms with Crippen LogP contribution in [0.25, 0.3) is 0 Å². The number of hydrogen-bond donors (Lipinski definition) is 3. The van der Waals surface area contributed by atoms with E-state index in [9.17, 15) is 15.0 Å². The van der Waals surface area contributed by atoms with E-state index in [0.29, 0.717) is 6.42 Å². The Hall–Kier alpha value is -1.91. The largest absolute Gasteiger partial charge is 0.394 e. The van der Waals surface area contributed by atoms with Crippen molar-refractivity contribution in [2.45, 2.75) is 309 Å². The van der Waals surface area contributed by atoms with Gasteiger partial charge < -0.3 is 15.5 Å². The van der Waals surface area contributed by atoms with Crippen molar-refractivity contribution in [2.24, 2.45) is 0 Å². The SMILES string of the molecule is CCCCCCC/C=C\C/C=C\C/C=C\CCCCCCCCCCCCCCCCCCCCC(=O)NC(CO)C(O)/C=C/CC/C=C/CCCCCCCCCCCCCCC. The van der Waals surface area contributed by atoms with Gasteiger partial charge in [-0.05, 0) is 70.6 Å². The average Bonchev–Trinajstić information content (AvgIpc) is 3.30. The molecule has 3 N–H and O–H groups in total. The molecule has 1 amide bonds. The normalized spacial score (nSPS) is 13.2. The molecule has 0 bridgehead atoms. The van der Waals surface area contributed by atoms with Crippen molar-refractivity contribution in [3.05, 3.63) is 60.8 Å². The quantitative estimate of drug-likeness (QED) is 0.0421. The van der Waals surface area contributed by atoms with Crippen LogP contribution in [-0.2, 0) is 4.79 Å². The van der Waals surface area contributed by atoms with Crippen molar-refractivity contribution in [1.29, 1.82) is 0 Å². The standard InChI is InChI=1S/C60H111NO3/c1-3-5-7-9-11-13-15-17-19-21-23-24-25-26-27-28-29-30-31-32-33-34-35-36-38-40-42-44-46-48-50-52-54-56-60(64)61-58(57-62)59(63)55-53-51-49-47-45-43-41-39-37-22-20-18-16-14-12-10-8-6-4-2/h15,17,21,23,25-26,45,47,53,55,58-59,62-63H,3-14,16,18-20,22,24,27-44,46,48-52,54,56-57H2,1-2H3,(H,61,64)/b17-15-,23-21-,26-25-,47-45+,55-53+. The topological polar surface area (TPSA) is 69.6 Å². The molecule has 2 unspecified atom stereocenters. The highest BCUT2D eigenvalue weighted by molar-refractivity contribution is 5.76. The predicted octanol–water partition coefficient (Wildman–Crippen LogP) is 18.8. The molecule has 0 heterocycles. The van der Waals surface area contributed by atoms with Gasteiger partial charge >= 0.3 is 0 Å². The highest BCUT2D eigenvalue weighted by Gasteiger charge is 2.18. The van der Waals surface area contributed by atoms with Crippen LogP contribution in [0.15, 0.2) is 60.8 Å². The molecular weight excluding hydrogens is 783 g/mol. The monoisotopic (exact) mass is 894 g/mol. The van der Waals surface area contributed by atoms with Gasteiger partial charge in [0, 0.05) is 6.42 Å². The Morgan fingerprint density at radius 1 is 0.375 bits per heavy atom. The molecule has 0 aromatic carbocycles. The van der Waals surface area contributed by atoms with Crippen LogP contribution in [0.2, 0.25) is 0 Å². The predicted molar refractivity (Wildman–Crippen MR) is 285 cm³/mol. The highest BCUT2D eigenvalue weighted by Crippen LogP contribution is 2.16. The van der Waals surface area contributed by atoms with Gasteiger partial charge in [0.05, 0.1) is 18.8 Å². The van der Waals surface area contributed by atoms with E-state index in [1.165, 1.54) is 231 Å². The van der Waals surface area contributed by atoms with E-state index in [-0.39, 0.29) is 12.5 Å². The number of allylic oxidation sites excluding steroid dienone is 9. The molecule has 0 aromatic rings. The van der Waals surface area contributed by atoms with E-state index in [4.69, 9.17) is 0 Å². The molecule has 4 heteroatoms. The van der Waals surface area contributed by atoms with Gasteiger partial charge in [0.2, 0.25) is 5.91 Å². The Bertz CT molecular complexity index is 1060. The maximum absolute atomic E-state index is 12.5. The summed E-state index contributed by atoms with van der Waals surface area (Å²) in [6.07, 6.45) is 78.1. The second kappa shape index (κ2) is 55.4. The number of carbonyl (C=O) groups excluding carboxylic acids is 1. The van der Waals surface area contributed by atoms with Gasteiger partial charge in [0.15, 0.2) is 0 Å². The molecule has 0 aliphatic rings. The first-order valence-electron chi connectivity index (χ1n) is 28.5. The van der Waals surface area contributed by atoms with Gasteiger partial charge in [-0.15, -0.1) is 0 Å². The summed E-state index contributed by atoms with van der Waals surface area (Å²) in [6, 6.07) is -0.640. The lowest BCUT2D eigenvalue weighted by Gasteiger charge is -2.19. The summed E-state index contributed by atoms with van der Waals surface area (Å²) in [7, 11) is 0. The van der Waals surface area contributed by atoms with Gasteiger partial charge in [-0.2, -0.15) is 0 Å². The number of carbonyl (C=O) groups is 1. The van der Waals surface area contributed by atoms with Crippen LogP contribution in [0, 0.1) is 0 Å². The first-order valence-corrected chi connectivity index (χ1v) is 28.5. The fourth-order valence-electron chi connectivity index (χ4n) is 8.62. The van der Waals surface area contributed by atoms with Crippen LogP contribution in [0.5, 0.6) is 0 Å². The molecule has 0 aliphatic carbocycles. The Morgan fingerprint density at radius 3 is 1.02 bits per heavy atom. The van der Waals surface area contributed by atoms with E-state index < -0.39 is 12.1 Å². The van der Waals surface area contributed by atoms with Crippen molar-refractivity contribution in [1.82, 2.24) is 5.32 Å². The molecule has 0 saturated carbocycles. The molecule has 0 saturated heterocycles. The van der Waals surface area contributed by atoms with Gasteiger partial charge in [-0.3, -0.25) is 4.79 Å². The highest BCUT2D eigenvalue weighted by atomic mass is 16.3. The molecule has 0 rings (SSSR count). The lowest BCUT2D eigenvalue weighted by atomic mass is 10.0. The van der Waals surface area contributed by atoms with E-state index in [1.807, 2.05) is 6.08 Å². The second-order valence-corrected chi connectivity index (χ2v) is 19.3. The van der Waals surface area contributed by atoms with Gasteiger partial charge in [-0.25, -0.2) is 0 Å². The fraction of sp³-hybridized carbons (Fsp3) is 0.817. The number of hydrogen-bond acceptors (Lipinski definition) is 3. The first-order chi connectivity index (χ1) is 31.7. The van der Waals surface area contributed by atoms with Crippen molar-refractivity contribution in [3.8, 4) is 0 Å². The molecule has 0 aliphatic heterocycles. The fourth-order valence-corrected chi connectivity index (χ4v) is 8.62. The molecule has 0 spiro atoms. The van der Waals surface area contributed by atoms with Crippen molar-refractivity contribution in [2.75, 3.05) is 6.61 Å². The van der Waals surface area contributed by atoms with Crippen LogP contribution in [-0.4, -0.2) is 34.9 Å². The third-order valence-corrected chi connectivity index (χ3v) is 13.0. The minimum atomic E-state index is -0.863. The van der Waals surface area contributed by atoms with Gasteiger partial charge in [-0.1, -0.05) is 280 Å². The van der Waals surface area contributed by atoms with E-state index in [1.54, 1.807) is 6.08 Å². The minimum absolute atomic E-state index is 0.0711. The molecule has 64 heavy (non-hydrogen) atoms. The molecule has 0 fully saturated rings. The third kappa shape index (κ3) is 51.1.